The second kappa shape index (κ2) is 8.13. The summed E-state index contributed by atoms with van der Waals surface area (Å²) < 4.78 is 12.9. The fourth-order valence-corrected chi connectivity index (χ4v) is 3.23. The van der Waals surface area contributed by atoms with E-state index in [0.29, 0.717) is 25.9 Å². The minimum absolute atomic E-state index is 0.0185. The smallest absolute Gasteiger partial charge is 0.227 e. The number of carbonyl (C=O) groups excluding carboxylic acids is 2. The number of para-hydroxylation sites is 1. The van der Waals surface area contributed by atoms with E-state index in [-0.39, 0.29) is 30.0 Å². The van der Waals surface area contributed by atoms with Crippen molar-refractivity contribution < 1.29 is 14.0 Å². The zero-order valence-corrected chi connectivity index (χ0v) is 14.9. The Bertz CT molecular complexity index is 781. The van der Waals surface area contributed by atoms with Crippen LogP contribution in [0.3, 0.4) is 0 Å². The minimum atomic E-state index is -0.304. The van der Waals surface area contributed by atoms with Crippen LogP contribution < -0.4 is 5.32 Å². The Kier molecular flexibility index (Phi) is 5.66. The Morgan fingerprint density at radius 1 is 1.08 bits per heavy atom. The number of aryl methyl sites for hydroxylation is 1. The zero-order chi connectivity index (χ0) is 18.5. The first-order chi connectivity index (χ1) is 12.5. The van der Waals surface area contributed by atoms with E-state index in [1.165, 1.54) is 12.1 Å². The lowest BCUT2D eigenvalue weighted by molar-refractivity contribution is -0.133. The summed E-state index contributed by atoms with van der Waals surface area (Å²) >= 11 is 0. The molecule has 0 unspecified atom stereocenters. The van der Waals surface area contributed by atoms with Gasteiger partial charge in [-0.3, -0.25) is 9.59 Å². The van der Waals surface area contributed by atoms with Gasteiger partial charge in [-0.25, -0.2) is 4.39 Å². The van der Waals surface area contributed by atoms with Crippen LogP contribution in [0.2, 0.25) is 0 Å². The van der Waals surface area contributed by atoms with Crippen molar-refractivity contribution in [1.82, 2.24) is 4.90 Å². The van der Waals surface area contributed by atoms with Crippen molar-refractivity contribution in [3.8, 4) is 0 Å². The molecule has 2 aromatic rings. The number of nitrogens with one attached hydrogen (secondary N) is 1. The minimum Gasteiger partial charge on any atom is -0.342 e. The molecule has 2 amide bonds. The van der Waals surface area contributed by atoms with Crippen LogP contribution in [0.4, 0.5) is 10.1 Å². The van der Waals surface area contributed by atoms with E-state index in [1.54, 1.807) is 17.0 Å². The molecule has 1 aliphatic rings. The van der Waals surface area contributed by atoms with Gasteiger partial charge in [-0.15, -0.1) is 0 Å². The number of piperidine rings is 1. The molecule has 1 heterocycles. The Morgan fingerprint density at radius 3 is 2.38 bits per heavy atom. The molecule has 136 valence electrons. The third-order valence-electron chi connectivity index (χ3n) is 4.89. The normalized spacial score (nSPS) is 14.9. The Balaban J connectivity index is 1.50. The molecule has 1 fully saturated rings. The predicted octanol–water partition coefficient (Wildman–Crippen LogP) is 3.55. The number of amides is 2. The van der Waals surface area contributed by atoms with Gasteiger partial charge < -0.3 is 10.2 Å². The summed E-state index contributed by atoms with van der Waals surface area (Å²) in [5.74, 6) is -0.342. The molecule has 1 saturated heterocycles. The second-order valence-electron chi connectivity index (χ2n) is 6.76. The van der Waals surface area contributed by atoms with Crippen molar-refractivity contribution >= 4 is 17.5 Å². The van der Waals surface area contributed by atoms with Crippen LogP contribution in [-0.2, 0) is 16.0 Å². The summed E-state index contributed by atoms with van der Waals surface area (Å²) in [5, 5.41) is 2.99. The summed E-state index contributed by atoms with van der Waals surface area (Å²) in [6.07, 6.45) is 1.58. The number of rotatable bonds is 4. The van der Waals surface area contributed by atoms with Gasteiger partial charge in [0.05, 0.1) is 6.42 Å². The van der Waals surface area contributed by atoms with Gasteiger partial charge in [-0.05, 0) is 49.1 Å². The SMILES string of the molecule is Cc1ccccc1NC(=O)C1CCN(C(=O)Cc2ccc(F)cc2)CC1. The van der Waals surface area contributed by atoms with E-state index in [2.05, 4.69) is 5.32 Å². The standard InChI is InChI=1S/C21H23FN2O2/c1-15-4-2-3-5-19(15)23-21(26)17-10-12-24(13-11-17)20(25)14-16-6-8-18(22)9-7-16/h2-9,17H,10-14H2,1H3,(H,23,26). The van der Waals surface area contributed by atoms with Crippen molar-refractivity contribution in [2.24, 2.45) is 5.92 Å². The maximum absolute atomic E-state index is 12.9. The first-order valence-corrected chi connectivity index (χ1v) is 8.91. The molecular weight excluding hydrogens is 331 g/mol. The lowest BCUT2D eigenvalue weighted by atomic mass is 9.95. The molecule has 4 nitrogen and oxygen atoms in total. The Labute approximate surface area is 153 Å². The van der Waals surface area contributed by atoms with Crippen LogP contribution in [0.15, 0.2) is 48.5 Å². The van der Waals surface area contributed by atoms with Crippen LogP contribution in [-0.4, -0.2) is 29.8 Å². The fraction of sp³-hybridized carbons (Fsp3) is 0.333. The highest BCUT2D eigenvalue weighted by atomic mass is 19.1. The molecule has 5 heteroatoms. The number of hydrogen-bond acceptors (Lipinski definition) is 2. The molecule has 26 heavy (non-hydrogen) atoms. The third kappa shape index (κ3) is 4.48. The van der Waals surface area contributed by atoms with Crippen LogP contribution >= 0.6 is 0 Å². The number of hydrogen-bond donors (Lipinski definition) is 1. The Hall–Kier alpha value is -2.69. The summed E-state index contributed by atoms with van der Waals surface area (Å²) in [4.78, 5) is 26.7. The maximum atomic E-state index is 12.9. The van der Waals surface area contributed by atoms with Crippen molar-refractivity contribution in [3.63, 3.8) is 0 Å². The molecule has 0 saturated carbocycles. The third-order valence-corrected chi connectivity index (χ3v) is 4.89. The summed E-state index contributed by atoms with van der Waals surface area (Å²) in [6.45, 7) is 3.12. The maximum Gasteiger partial charge on any atom is 0.227 e. The highest BCUT2D eigenvalue weighted by Gasteiger charge is 2.27. The topological polar surface area (TPSA) is 49.4 Å². The van der Waals surface area contributed by atoms with Crippen molar-refractivity contribution in [2.75, 3.05) is 18.4 Å². The molecule has 1 aliphatic heterocycles. The number of likely N-dealkylation sites (tertiary alicyclic amines) is 1. The van der Waals surface area contributed by atoms with Gasteiger partial charge >= 0.3 is 0 Å². The fourth-order valence-electron chi connectivity index (χ4n) is 3.23. The number of benzene rings is 2. The van der Waals surface area contributed by atoms with Crippen molar-refractivity contribution in [3.05, 3.63) is 65.5 Å². The lowest BCUT2D eigenvalue weighted by Gasteiger charge is -2.31. The largest absolute Gasteiger partial charge is 0.342 e. The van der Waals surface area contributed by atoms with Gasteiger partial charge in [-0.1, -0.05) is 30.3 Å². The van der Waals surface area contributed by atoms with Crippen LogP contribution in [0.1, 0.15) is 24.0 Å². The van der Waals surface area contributed by atoms with E-state index < -0.39 is 0 Å². The van der Waals surface area contributed by atoms with Gasteiger partial charge in [0, 0.05) is 24.7 Å². The van der Waals surface area contributed by atoms with Gasteiger partial charge in [0.15, 0.2) is 0 Å². The van der Waals surface area contributed by atoms with Gasteiger partial charge in [0.1, 0.15) is 5.82 Å². The first-order valence-electron chi connectivity index (χ1n) is 8.91. The van der Waals surface area contributed by atoms with E-state index >= 15 is 0 Å². The summed E-state index contributed by atoms with van der Waals surface area (Å²) in [7, 11) is 0. The predicted molar refractivity (Wildman–Crippen MR) is 99.2 cm³/mol. The molecule has 1 N–H and O–H groups in total. The van der Waals surface area contributed by atoms with Crippen molar-refractivity contribution in [2.45, 2.75) is 26.2 Å². The highest BCUT2D eigenvalue weighted by Crippen LogP contribution is 2.21. The van der Waals surface area contributed by atoms with E-state index in [4.69, 9.17) is 0 Å². The van der Waals surface area contributed by atoms with E-state index in [1.807, 2.05) is 31.2 Å². The zero-order valence-electron chi connectivity index (χ0n) is 14.9. The van der Waals surface area contributed by atoms with Crippen LogP contribution in [0, 0.1) is 18.7 Å². The number of carbonyl (C=O) groups is 2. The molecule has 0 radical (unpaired) electrons. The second-order valence-corrected chi connectivity index (χ2v) is 6.76. The average molecular weight is 354 g/mol. The molecule has 0 aliphatic carbocycles. The molecule has 0 bridgehead atoms. The molecule has 0 aromatic heterocycles. The lowest BCUT2D eigenvalue weighted by Crippen LogP contribution is -2.42. The molecule has 2 aromatic carbocycles. The van der Waals surface area contributed by atoms with E-state index in [0.717, 1.165) is 16.8 Å². The van der Waals surface area contributed by atoms with Gasteiger partial charge in [-0.2, -0.15) is 0 Å². The average Bonchev–Trinajstić information content (AvgIpc) is 2.65. The summed E-state index contributed by atoms with van der Waals surface area (Å²) in [6, 6.07) is 13.7. The van der Waals surface area contributed by atoms with Crippen LogP contribution in [0.25, 0.3) is 0 Å². The van der Waals surface area contributed by atoms with E-state index in [9.17, 15) is 14.0 Å². The monoisotopic (exact) mass is 354 g/mol. The molecule has 3 rings (SSSR count). The van der Waals surface area contributed by atoms with Crippen molar-refractivity contribution in [1.29, 1.82) is 0 Å². The van der Waals surface area contributed by atoms with Crippen LogP contribution in [0.5, 0.6) is 0 Å². The first kappa shape index (κ1) is 18.1. The van der Waals surface area contributed by atoms with Gasteiger partial charge in [0.25, 0.3) is 0 Å². The number of nitrogens with zero attached hydrogens (tertiary/aromatic N) is 1. The summed E-state index contributed by atoms with van der Waals surface area (Å²) in [5.41, 5.74) is 2.68. The Morgan fingerprint density at radius 2 is 1.73 bits per heavy atom. The molecule has 0 spiro atoms. The highest BCUT2D eigenvalue weighted by molar-refractivity contribution is 5.93. The number of anilines is 1. The molecule has 0 atom stereocenters. The number of halogens is 1. The quantitative estimate of drug-likeness (QED) is 0.913. The van der Waals surface area contributed by atoms with Gasteiger partial charge in [0.2, 0.25) is 11.8 Å². The molecular formula is C21H23FN2O2.